The fourth-order valence-electron chi connectivity index (χ4n) is 11.3. The number of hydrogen-bond donors (Lipinski definition) is 15. The van der Waals surface area contributed by atoms with E-state index in [0.717, 1.165) is 4.90 Å². The molecule has 0 spiro atoms. The van der Waals surface area contributed by atoms with Crippen LogP contribution in [0.15, 0.2) is 0 Å². The number of rotatable bonds is 22. The molecule has 0 heterocycles. The quantitative estimate of drug-likeness (QED) is 0.0485. The minimum absolute atomic E-state index is 0.0393. The highest BCUT2D eigenvalue weighted by atomic mass is 16.4. The summed E-state index contributed by atoms with van der Waals surface area (Å²) in [7, 11) is 0. The third-order valence-corrected chi connectivity index (χ3v) is 15.1. The van der Waals surface area contributed by atoms with Crippen LogP contribution in [0.2, 0.25) is 0 Å². The van der Waals surface area contributed by atoms with Crippen LogP contribution in [0.25, 0.3) is 0 Å². The van der Waals surface area contributed by atoms with E-state index in [1.54, 1.807) is 0 Å². The van der Waals surface area contributed by atoms with Gasteiger partial charge >= 0.3 is 0 Å². The van der Waals surface area contributed by atoms with Crippen molar-refractivity contribution in [1.29, 1.82) is 0 Å². The van der Waals surface area contributed by atoms with E-state index < -0.39 is 122 Å². The second-order valence-corrected chi connectivity index (χ2v) is 18.6. The van der Waals surface area contributed by atoms with Crippen LogP contribution in [-0.4, -0.2) is 201 Å². The molecule has 0 aromatic carbocycles. The zero-order valence-corrected chi connectivity index (χ0v) is 35.8. The molecule has 4 fully saturated rings. The van der Waals surface area contributed by atoms with Gasteiger partial charge in [0.1, 0.15) is 42.4 Å². The number of fused-ring (bicyclic) bond motifs is 5. The molecule has 0 aromatic heterocycles. The van der Waals surface area contributed by atoms with E-state index in [2.05, 4.69) is 10.6 Å². The monoisotopic (exact) mass is 894 g/mol. The maximum absolute atomic E-state index is 14.0. The first-order valence-electron chi connectivity index (χ1n) is 23.0. The van der Waals surface area contributed by atoms with E-state index in [9.17, 15) is 75.3 Å². The predicted octanol–water partition coefficient (Wildman–Crippen LogP) is -4.74. The molecule has 20 nitrogen and oxygen atoms in total. The van der Waals surface area contributed by atoms with Crippen molar-refractivity contribution in [2.24, 2.45) is 46.3 Å². The second kappa shape index (κ2) is 22.2. The van der Waals surface area contributed by atoms with E-state index in [-0.39, 0.29) is 86.5 Å². The van der Waals surface area contributed by atoms with Gasteiger partial charge < -0.3 is 81.9 Å². The summed E-state index contributed by atoms with van der Waals surface area (Å²) < 4.78 is 17.7. The molecule has 4 aliphatic carbocycles. The first-order valence-corrected chi connectivity index (χ1v) is 21.8. The average molecular weight is 894 g/mol. The average Bonchev–Trinajstić information content (AvgIpc) is 3.62. The number of carbonyl (C=O) groups excluding carboxylic acids is 4. The summed E-state index contributed by atoms with van der Waals surface area (Å²) in [5.41, 5.74) is -1.46. The van der Waals surface area contributed by atoms with Crippen LogP contribution < -0.4 is 10.6 Å². The van der Waals surface area contributed by atoms with Crippen LogP contribution in [0.4, 0.5) is 0 Å². The molecular weight excluding hydrogens is 818 g/mol. The fraction of sp³-hybridized carbons (Fsp3) is 0.905. The van der Waals surface area contributed by atoms with Crippen LogP contribution in [0.1, 0.15) is 87.7 Å². The Labute approximate surface area is 364 Å². The molecule has 4 aliphatic rings. The normalized spacial score (nSPS) is 36.6. The minimum Gasteiger partial charge on any atom is -0.394 e. The molecule has 4 rings (SSSR count). The Balaban J connectivity index is 1.45. The van der Waals surface area contributed by atoms with E-state index in [1.807, 2.05) is 20.8 Å². The lowest BCUT2D eigenvalue weighted by Crippen LogP contribution is -2.64. The van der Waals surface area contributed by atoms with Crippen LogP contribution in [-0.2, 0) is 19.2 Å². The lowest BCUT2D eigenvalue weighted by molar-refractivity contribution is -0.205. The van der Waals surface area contributed by atoms with Gasteiger partial charge in [0, 0.05) is 47.1 Å². The van der Waals surface area contributed by atoms with Crippen molar-refractivity contribution in [2.45, 2.75) is 152 Å². The number of aliphatic hydroxyl groups excluding tert-OH is 13. The highest BCUT2D eigenvalue weighted by molar-refractivity contribution is 5.87. The molecule has 20 heteroatoms. The Kier molecular flexibility index (Phi) is 17.5. The second-order valence-electron chi connectivity index (χ2n) is 18.6. The van der Waals surface area contributed by atoms with Crippen molar-refractivity contribution < 1.29 is 88.3 Å². The summed E-state index contributed by atoms with van der Waals surface area (Å²) in [6.45, 7) is 0.137. The van der Waals surface area contributed by atoms with Gasteiger partial charge in [-0.3, -0.25) is 19.2 Å². The van der Waals surface area contributed by atoms with Gasteiger partial charge in [0.05, 0.1) is 31.5 Å². The summed E-state index contributed by atoms with van der Waals surface area (Å²) in [5.74, 6) is -4.26. The molecule has 2 unspecified atom stereocenters. The summed E-state index contributed by atoms with van der Waals surface area (Å²) in [4.78, 5) is 53.6. The molecule has 3 amide bonds. The van der Waals surface area contributed by atoms with Crippen LogP contribution >= 0.6 is 0 Å². The molecule has 0 bridgehead atoms. The number of nitrogens with one attached hydrogen (secondary N) is 2. The van der Waals surface area contributed by atoms with Gasteiger partial charge in [-0.15, -0.1) is 0 Å². The molecular formula is C42H73N3O17. The van der Waals surface area contributed by atoms with Gasteiger partial charge in [-0.05, 0) is 92.3 Å². The number of ketones is 1. The molecule has 15 N–H and O–H groups in total. The van der Waals surface area contributed by atoms with Crippen molar-refractivity contribution >= 4 is 23.5 Å². The Bertz CT molecular complexity index is 1540. The Morgan fingerprint density at radius 2 is 1.29 bits per heavy atom. The highest BCUT2D eigenvalue weighted by Gasteiger charge is 2.67. The molecule has 0 aliphatic heterocycles. The van der Waals surface area contributed by atoms with Gasteiger partial charge in [-0.25, -0.2) is 0 Å². The standard InChI is InChI=1S/C42H73N3O17/c1-20(23-7-8-24-32-25(17-30(53)42(23,24)3)41(2)21(15-26(32)49)14-22(48)16-29(41)52)6-9-31(54)45(12-4-10-43-39(61)37(59)35(57)33(55)27(50)18-46)13-5-11-44-40(62)38(60)36(58)34(56)28(51)19-47/h20-28,30,32-38,46-51,53,55-60H,4-19H2,1-3H3,(H,43,61)(H,44,62)/t20-,21+,22+,23-,24+,25+,26-,27-,28-,30+,32+,33-,34-,35+,36+,37-,38-,41+,42-/m1/s1/i12D,13D/t12?,13?,20-,21+,22+,23-,24+,25+,26-,27-,28-,30+,32+,33-,34-,35+,36+,37-,38-,41+,42-. The smallest absolute Gasteiger partial charge is 0.251 e. The molecule has 4 saturated carbocycles. The lowest BCUT2D eigenvalue weighted by Gasteiger charge is -2.62. The van der Waals surface area contributed by atoms with Gasteiger partial charge in [-0.1, -0.05) is 20.8 Å². The Morgan fingerprint density at radius 3 is 1.79 bits per heavy atom. The Hall–Kier alpha value is -2.44. The number of amides is 3. The zero-order valence-electron chi connectivity index (χ0n) is 37.8. The number of aliphatic hydroxyl groups is 13. The predicted molar refractivity (Wildman–Crippen MR) is 217 cm³/mol. The molecule has 62 heavy (non-hydrogen) atoms. The molecule has 21 atom stereocenters. The van der Waals surface area contributed by atoms with Gasteiger partial charge in [0.25, 0.3) is 11.8 Å². The summed E-state index contributed by atoms with van der Waals surface area (Å²) in [6.07, 6.45) is -17.2. The van der Waals surface area contributed by atoms with Crippen molar-refractivity contribution in [3.05, 3.63) is 0 Å². The molecule has 0 radical (unpaired) electrons. The van der Waals surface area contributed by atoms with Crippen LogP contribution in [0.5, 0.6) is 0 Å². The fourth-order valence-corrected chi connectivity index (χ4v) is 11.3. The molecule has 0 saturated heterocycles. The molecule has 358 valence electrons. The number of nitrogens with zero attached hydrogens (tertiary/aromatic N) is 1. The summed E-state index contributed by atoms with van der Waals surface area (Å²) in [6, 6.07) is 0. The maximum atomic E-state index is 14.0. The number of hydrogen-bond acceptors (Lipinski definition) is 17. The van der Waals surface area contributed by atoms with Gasteiger partial charge in [-0.2, -0.15) is 0 Å². The topological polar surface area (TPSA) is 359 Å². The van der Waals surface area contributed by atoms with Crippen molar-refractivity contribution in [3.63, 3.8) is 0 Å². The van der Waals surface area contributed by atoms with Crippen LogP contribution in [0, 0.1) is 46.3 Å². The lowest BCUT2D eigenvalue weighted by atomic mass is 9.42. The van der Waals surface area contributed by atoms with Gasteiger partial charge in [0.2, 0.25) is 5.91 Å². The largest absolute Gasteiger partial charge is 0.394 e. The number of carbonyl (C=O) groups is 4. The molecule has 0 aromatic rings. The van der Waals surface area contributed by atoms with E-state index in [1.165, 1.54) is 0 Å². The first kappa shape index (κ1) is 49.0. The first-order chi connectivity index (χ1) is 29.9. The van der Waals surface area contributed by atoms with E-state index in [0.29, 0.717) is 32.1 Å². The van der Waals surface area contributed by atoms with Gasteiger partial charge in [0.15, 0.2) is 12.2 Å². The van der Waals surface area contributed by atoms with Crippen molar-refractivity contribution in [2.75, 3.05) is 39.3 Å². The van der Waals surface area contributed by atoms with E-state index >= 15 is 0 Å². The van der Waals surface area contributed by atoms with Crippen molar-refractivity contribution in [3.8, 4) is 0 Å². The minimum atomic E-state index is -2.26. The van der Waals surface area contributed by atoms with Crippen molar-refractivity contribution in [1.82, 2.24) is 15.5 Å². The number of Topliss-reactive ketones (excluding diaryl/α,β-unsaturated/α-hetero) is 1. The van der Waals surface area contributed by atoms with E-state index in [4.69, 9.17) is 13.0 Å². The highest BCUT2D eigenvalue weighted by Crippen LogP contribution is 2.68. The third kappa shape index (κ3) is 11.0. The Morgan fingerprint density at radius 1 is 0.774 bits per heavy atom. The third-order valence-electron chi connectivity index (χ3n) is 15.1. The zero-order chi connectivity index (χ0) is 48.2. The summed E-state index contributed by atoms with van der Waals surface area (Å²) >= 11 is 0. The maximum Gasteiger partial charge on any atom is 0.251 e. The summed E-state index contributed by atoms with van der Waals surface area (Å²) in [5, 5.41) is 136. The SMILES string of the molecule is [2H]C(CCNC(=O)[C@H](O)[C@@H](O)[C@H](O)[C@H](O)CO)N(C(=O)CC[C@@H](C)[C@H]1CC[C@H]2[C@@H]3[C@H](O)C[C@@H]4C[C@H](O)CC(=O)[C@]4(C)[C@H]3C[C@H](O)[C@]12C)C([2H])CCNC(=O)[C@H](O)[C@@H](O)[C@H](O)[C@H](O)CO. The van der Waals surface area contributed by atoms with Crippen LogP contribution in [0.3, 0.4) is 0 Å².